The van der Waals surface area contributed by atoms with Crippen LogP contribution in [0.3, 0.4) is 0 Å². The van der Waals surface area contributed by atoms with Crippen molar-refractivity contribution in [3.05, 3.63) is 59.4 Å². The van der Waals surface area contributed by atoms with Crippen molar-refractivity contribution in [3.8, 4) is 11.4 Å². The minimum atomic E-state index is -0.309. The molecule has 1 aromatic heterocycles. The molecule has 0 aliphatic carbocycles. The average molecular weight is 377 g/mol. The van der Waals surface area contributed by atoms with Crippen LogP contribution in [0.15, 0.2) is 53.7 Å². The zero-order valence-corrected chi connectivity index (χ0v) is 14.8. The smallest absolute Gasteiger partial charge is 0.234 e. The first-order chi connectivity index (χ1) is 12.0. The van der Waals surface area contributed by atoms with E-state index in [-0.39, 0.29) is 17.5 Å². The number of carbonyl (C=O) groups excluding carboxylic acids is 1. The van der Waals surface area contributed by atoms with Gasteiger partial charge in [0.15, 0.2) is 11.0 Å². The highest BCUT2D eigenvalue weighted by Gasteiger charge is 2.13. The maximum atomic E-state index is 13.0. The molecule has 0 aliphatic heterocycles. The lowest BCUT2D eigenvalue weighted by atomic mass is 10.2. The predicted molar refractivity (Wildman–Crippen MR) is 97.2 cm³/mol. The minimum Gasteiger partial charge on any atom is -0.324 e. The normalized spacial score (nSPS) is 10.7. The van der Waals surface area contributed by atoms with Crippen LogP contribution < -0.4 is 5.32 Å². The maximum absolute atomic E-state index is 13.0. The van der Waals surface area contributed by atoms with Crippen LogP contribution in [0.5, 0.6) is 0 Å². The quantitative estimate of drug-likeness (QED) is 0.683. The number of nitrogens with zero attached hydrogens (tertiary/aromatic N) is 3. The summed E-state index contributed by atoms with van der Waals surface area (Å²) in [5, 5.41) is 12.0. The fourth-order valence-corrected chi connectivity index (χ4v) is 3.06. The van der Waals surface area contributed by atoms with Gasteiger partial charge >= 0.3 is 0 Å². The van der Waals surface area contributed by atoms with Crippen LogP contribution in [0.4, 0.5) is 10.1 Å². The number of thioether (sulfide) groups is 1. The summed E-state index contributed by atoms with van der Waals surface area (Å²) in [4.78, 5) is 12.1. The molecule has 0 radical (unpaired) electrons. The van der Waals surface area contributed by atoms with E-state index >= 15 is 0 Å². The third kappa shape index (κ3) is 4.18. The van der Waals surface area contributed by atoms with Gasteiger partial charge in [0, 0.05) is 12.6 Å². The molecule has 1 N–H and O–H groups in total. The Bertz CT molecular complexity index is 898. The van der Waals surface area contributed by atoms with E-state index in [1.165, 1.54) is 23.9 Å². The van der Waals surface area contributed by atoms with Crippen LogP contribution >= 0.6 is 23.4 Å². The summed E-state index contributed by atoms with van der Waals surface area (Å²) in [7, 11) is 1.80. The zero-order chi connectivity index (χ0) is 17.8. The lowest BCUT2D eigenvalue weighted by Crippen LogP contribution is -2.14. The standard InChI is InChI=1S/C17H14ClFN4OS/c1-23-16(11-6-8-12(19)9-7-11)21-22-17(23)25-10-15(24)20-14-5-3-2-4-13(14)18/h2-9H,10H2,1H3,(H,20,24). The molecule has 0 spiro atoms. The average Bonchev–Trinajstić information content (AvgIpc) is 2.97. The van der Waals surface area contributed by atoms with Crippen molar-refractivity contribution in [1.82, 2.24) is 14.8 Å². The molecule has 1 amide bonds. The number of hydrogen-bond acceptors (Lipinski definition) is 4. The minimum absolute atomic E-state index is 0.167. The summed E-state index contributed by atoms with van der Waals surface area (Å²) in [5.74, 6) is 0.274. The van der Waals surface area contributed by atoms with E-state index in [9.17, 15) is 9.18 Å². The third-order valence-electron chi connectivity index (χ3n) is 3.42. The summed E-state index contributed by atoms with van der Waals surface area (Å²) in [6, 6.07) is 13.1. The Balaban J connectivity index is 1.65. The van der Waals surface area contributed by atoms with Crippen molar-refractivity contribution in [2.24, 2.45) is 7.05 Å². The fourth-order valence-electron chi connectivity index (χ4n) is 2.17. The zero-order valence-electron chi connectivity index (χ0n) is 13.2. The lowest BCUT2D eigenvalue weighted by Gasteiger charge is -2.07. The maximum Gasteiger partial charge on any atom is 0.234 e. The van der Waals surface area contributed by atoms with Gasteiger partial charge < -0.3 is 9.88 Å². The lowest BCUT2D eigenvalue weighted by molar-refractivity contribution is -0.113. The second kappa shape index (κ2) is 7.67. The fraction of sp³-hybridized carbons (Fsp3) is 0.118. The molecule has 0 fully saturated rings. The molecule has 1 heterocycles. The van der Waals surface area contributed by atoms with Crippen LogP contribution in [0.25, 0.3) is 11.4 Å². The molecule has 3 aromatic rings. The largest absolute Gasteiger partial charge is 0.324 e. The van der Waals surface area contributed by atoms with E-state index in [2.05, 4.69) is 15.5 Å². The van der Waals surface area contributed by atoms with Crippen molar-refractivity contribution in [1.29, 1.82) is 0 Å². The van der Waals surface area contributed by atoms with Crippen LogP contribution in [-0.2, 0) is 11.8 Å². The second-order valence-electron chi connectivity index (χ2n) is 5.19. The Labute approximate surface area is 153 Å². The number of para-hydroxylation sites is 1. The van der Waals surface area contributed by atoms with Crippen molar-refractivity contribution < 1.29 is 9.18 Å². The number of hydrogen-bond donors (Lipinski definition) is 1. The Hall–Kier alpha value is -2.38. The number of amides is 1. The van der Waals surface area contributed by atoms with Gasteiger partial charge in [0.05, 0.1) is 16.5 Å². The van der Waals surface area contributed by atoms with Crippen LogP contribution in [-0.4, -0.2) is 26.4 Å². The molecule has 2 aromatic carbocycles. The molecule has 3 rings (SSSR count). The first-order valence-corrected chi connectivity index (χ1v) is 8.73. The van der Waals surface area contributed by atoms with Gasteiger partial charge in [-0.3, -0.25) is 4.79 Å². The Morgan fingerprint density at radius 2 is 1.92 bits per heavy atom. The highest BCUT2D eigenvalue weighted by Crippen LogP contribution is 2.24. The first kappa shape index (κ1) is 17.4. The summed E-state index contributed by atoms with van der Waals surface area (Å²) >= 11 is 7.28. The molecule has 5 nitrogen and oxygen atoms in total. The summed E-state index contributed by atoms with van der Waals surface area (Å²) in [6.07, 6.45) is 0. The van der Waals surface area contributed by atoms with Crippen LogP contribution in [0.2, 0.25) is 5.02 Å². The van der Waals surface area contributed by atoms with Gasteiger partial charge in [0.2, 0.25) is 5.91 Å². The van der Waals surface area contributed by atoms with Gasteiger partial charge in [-0.05, 0) is 36.4 Å². The molecular formula is C17H14ClFN4OS. The van der Waals surface area contributed by atoms with E-state index < -0.39 is 0 Å². The predicted octanol–water partition coefficient (Wildman–Crippen LogP) is 4.01. The molecular weight excluding hydrogens is 363 g/mol. The number of nitrogens with one attached hydrogen (secondary N) is 1. The number of aromatic nitrogens is 3. The molecule has 0 aliphatic rings. The second-order valence-corrected chi connectivity index (χ2v) is 6.54. The van der Waals surface area contributed by atoms with Crippen LogP contribution in [0, 0.1) is 5.82 Å². The SMILES string of the molecule is Cn1c(SCC(=O)Nc2ccccc2Cl)nnc1-c1ccc(F)cc1. The van der Waals surface area contributed by atoms with E-state index in [1.54, 1.807) is 48.0 Å². The molecule has 25 heavy (non-hydrogen) atoms. The van der Waals surface area contributed by atoms with Crippen molar-refractivity contribution in [2.75, 3.05) is 11.1 Å². The van der Waals surface area contributed by atoms with Gasteiger partial charge in [0.25, 0.3) is 0 Å². The van der Waals surface area contributed by atoms with Gasteiger partial charge in [-0.15, -0.1) is 10.2 Å². The highest BCUT2D eigenvalue weighted by molar-refractivity contribution is 7.99. The van der Waals surface area contributed by atoms with Crippen molar-refractivity contribution in [3.63, 3.8) is 0 Å². The topological polar surface area (TPSA) is 59.8 Å². The van der Waals surface area contributed by atoms with E-state index in [1.807, 2.05) is 0 Å². The Kier molecular flexibility index (Phi) is 5.35. The monoisotopic (exact) mass is 376 g/mol. The van der Waals surface area contributed by atoms with Crippen molar-refractivity contribution in [2.45, 2.75) is 5.16 Å². The molecule has 8 heteroatoms. The summed E-state index contributed by atoms with van der Waals surface area (Å²) < 4.78 is 14.8. The number of rotatable bonds is 5. The summed E-state index contributed by atoms with van der Waals surface area (Å²) in [5.41, 5.74) is 1.32. The van der Waals surface area contributed by atoms with Gasteiger partial charge in [-0.25, -0.2) is 4.39 Å². The molecule has 0 saturated carbocycles. The first-order valence-electron chi connectivity index (χ1n) is 7.37. The van der Waals surface area contributed by atoms with Gasteiger partial charge in [-0.1, -0.05) is 35.5 Å². The third-order valence-corrected chi connectivity index (χ3v) is 4.77. The van der Waals surface area contributed by atoms with Gasteiger partial charge in [0.1, 0.15) is 5.82 Å². The Morgan fingerprint density at radius 3 is 2.64 bits per heavy atom. The van der Waals surface area contributed by atoms with Crippen molar-refractivity contribution >= 4 is 35.0 Å². The number of benzene rings is 2. The molecule has 0 bridgehead atoms. The van der Waals surface area contributed by atoms with Gasteiger partial charge in [-0.2, -0.15) is 0 Å². The van der Waals surface area contributed by atoms with E-state index in [4.69, 9.17) is 11.6 Å². The molecule has 0 atom stereocenters. The van der Waals surface area contributed by atoms with E-state index in [0.717, 1.165) is 5.56 Å². The molecule has 0 unspecified atom stereocenters. The molecule has 128 valence electrons. The molecule has 0 saturated heterocycles. The number of carbonyl (C=O) groups is 1. The highest BCUT2D eigenvalue weighted by atomic mass is 35.5. The Morgan fingerprint density at radius 1 is 1.20 bits per heavy atom. The van der Waals surface area contributed by atoms with Crippen LogP contribution in [0.1, 0.15) is 0 Å². The number of anilines is 1. The van der Waals surface area contributed by atoms with E-state index in [0.29, 0.717) is 21.7 Å². The summed E-state index contributed by atoms with van der Waals surface area (Å²) in [6.45, 7) is 0. The number of halogens is 2.